The van der Waals surface area contributed by atoms with Crippen LogP contribution in [0.5, 0.6) is 0 Å². The van der Waals surface area contributed by atoms with Crippen LogP contribution in [-0.2, 0) is 9.53 Å². The van der Waals surface area contributed by atoms with Crippen LogP contribution in [0.15, 0.2) is 69.6 Å². The molecule has 0 bridgehead atoms. The third kappa shape index (κ3) is 4.65. The molecule has 1 atom stereocenters. The van der Waals surface area contributed by atoms with Crippen molar-refractivity contribution in [2.75, 3.05) is 25.6 Å². The Hall–Kier alpha value is -4.05. The molecule has 9 nitrogen and oxygen atoms in total. The molecule has 0 saturated heterocycles. The second-order valence-electron chi connectivity index (χ2n) is 8.14. The van der Waals surface area contributed by atoms with Gasteiger partial charge >= 0.3 is 5.97 Å². The average Bonchev–Trinajstić information content (AvgIpc) is 3.12. The molecule has 0 spiro atoms. The molecular formula is C25H24N4O5S. The maximum Gasteiger partial charge on any atom is 0.338 e. The highest BCUT2D eigenvalue weighted by Crippen LogP contribution is 2.31. The van der Waals surface area contributed by atoms with Gasteiger partial charge in [0.25, 0.3) is 11.2 Å². The number of anilines is 1. The van der Waals surface area contributed by atoms with Crippen LogP contribution in [0.3, 0.4) is 0 Å². The van der Waals surface area contributed by atoms with Crippen molar-refractivity contribution in [1.82, 2.24) is 4.57 Å². The van der Waals surface area contributed by atoms with Crippen LogP contribution >= 0.6 is 11.3 Å². The zero-order valence-corrected chi connectivity index (χ0v) is 20.5. The zero-order chi connectivity index (χ0) is 25.3. The number of thiazole rings is 1. The second kappa shape index (κ2) is 9.67. The molecule has 0 amide bonds. The fourth-order valence-electron chi connectivity index (χ4n) is 3.94. The van der Waals surface area contributed by atoms with Crippen molar-refractivity contribution in [3.63, 3.8) is 0 Å². The highest BCUT2D eigenvalue weighted by Gasteiger charge is 2.33. The minimum atomic E-state index is -0.714. The fourth-order valence-corrected chi connectivity index (χ4v) is 4.99. The lowest BCUT2D eigenvalue weighted by Crippen LogP contribution is -2.39. The number of benzene rings is 2. The highest BCUT2D eigenvalue weighted by molar-refractivity contribution is 7.07. The molecule has 0 radical (unpaired) electrons. The fraction of sp³-hybridized carbons (Fsp3) is 0.240. The van der Waals surface area contributed by atoms with Gasteiger partial charge in [0.1, 0.15) is 0 Å². The quantitative estimate of drug-likeness (QED) is 0.298. The van der Waals surface area contributed by atoms with E-state index >= 15 is 0 Å². The van der Waals surface area contributed by atoms with Crippen molar-refractivity contribution >= 4 is 34.8 Å². The molecule has 35 heavy (non-hydrogen) atoms. The Labute approximate surface area is 205 Å². The van der Waals surface area contributed by atoms with Gasteiger partial charge in [-0.05, 0) is 43.2 Å². The van der Waals surface area contributed by atoms with Crippen molar-refractivity contribution in [2.24, 2.45) is 4.99 Å². The molecule has 2 aromatic carbocycles. The van der Waals surface area contributed by atoms with Crippen LogP contribution < -0.4 is 19.8 Å². The van der Waals surface area contributed by atoms with Gasteiger partial charge < -0.3 is 9.64 Å². The van der Waals surface area contributed by atoms with Crippen LogP contribution in [0.25, 0.3) is 6.08 Å². The number of fused-ring (bicyclic) bond motifs is 1. The van der Waals surface area contributed by atoms with Crippen LogP contribution in [0, 0.1) is 10.1 Å². The summed E-state index contributed by atoms with van der Waals surface area (Å²) in [6, 6.07) is 13.0. The van der Waals surface area contributed by atoms with Crippen molar-refractivity contribution in [2.45, 2.75) is 19.9 Å². The van der Waals surface area contributed by atoms with E-state index in [1.807, 2.05) is 43.3 Å². The van der Waals surface area contributed by atoms with Gasteiger partial charge in [0.2, 0.25) is 0 Å². The van der Waals surface area contributed by atoms with Crippen LogP contribution in [0.4, 0.5) is 11.4 Å². The number of nitro groups is 1. The minimum Gasteiger partial charge on any atom is -0.463 e. The first-order valence-corrected chi connectivity index (χ1v) is 11.7. The van der Waals surface area contributed by atoms with Gasteiger partial charge in [0.05, 0.1) is 33.4 Å². The number of carbonyl (C=O) groups is 1. The topological polar surface area (TPSA) is 107 Å². The van der Waals surface area contributed by atoms with Crippen molar-refractivity contribution in [3.8, 4) is 0 Å². The Morgan fingerprint density at radius 2 is 1.97 bits per heavy atom. The molecule has 3 aromatic rings. The van der Waals surface area contributed by atoms with E-state index < -0.39 is 16.9 Å². The van der Waals surface area contributed by atoms with E-state index in [1.165, 1.54) is 28.0 Å². The number of nitrogens with zero attached hydrogens (tertiary/aromatic N) is 4. The van der Waals surface area contributed by atoms with Gasteiger partial charge in [-0.25, -0.2) is 9.79 Å². The Balaban J connectivity index is 1.92. The van der Waals surface area contributed by atoms with Crippen LogP contribution in [-0.4, -0.2) is 36.2 Å². The average molecular weight is 493 g/mol. The number of esters is 1. The normalized spacial score (nSPS) is 15.4. The lowest BCUT2D eigenvalue weighted by molar-refractivity contribution is -0.384. The number of aromatic nitrogens is 1. The third-order valence-electron chi connectivity index (χ3n) is 5.62. The molecule has 2 heterocycles. The smallest absolute Gasteiger partial charge is 0.338 e. The molecule has 1 aliphatic heterocycles. The number of hydrogen-bond acceptors (Lipinski definition) is 8. The van der Waals surface area contributed by atoms with E-state index in [9.17, 15) is 19.7 Å². The SMILES string of the molecule is CCOC(=O)C1=C(C)N=c2s/c(=C\c3cccc([N+](=O)[O-])c3)c(=O)n2[C@H]1c1ccc(N(C)C)cc1. The molecular weight excluding hydrogens is 468 g/mol. The lowest BCUT2D eigenvalue weighted by Gasteiger charge is -2.25. The second-order valence-corrected chi connectivity index (χ2v) is 9.15. The van der Waals surface area contributed by atoms with Gasteiger partial charge in [0.15, 0.2) is 4.80 Å². The molecule has 10 heteroatoms. The number of hydrogen-bond donors (Lipinski definition) is 0. The Morgan fingerprint density at radius 3 is 2.60 bits per heavy atom. The number of non-ortho nitro benzene ring substituents is 1. The van der Waals surface area contributed by atoms with Gasteiger partial charge in [-0.2, -0.15) is 0 Å². The van der Waals surface area contributed by atoms with Gasteiger partial charge in [-0.1, -0.05) is 35.6 Å². The number of carbonyl (C=O) groups excluding carboxylic acids is 1. The van der Waals surface area contributed by atoms with Gasteiger partial charge in [-0.15, -0.1) is 0 Å². The zero-order valence-electron chi connectivity index (χ0n) is 19.7. The molecule has 180 valence electrons. The van der Waals surface area contributed by atoms with Crippen molar-refractivity contribution < 1.29 is 14.5 Å². The summed E-state index contributed by atoms with van der Waals surface area (Å²) in [5.74, 6) is -0.525. The Kier molecular flexibility index (Phi) is 6.65. The van der Waals surface area contributed by atoms with Crippen LogP contribution in [0.1, 0.15) is 31.0 Å². The van der Waals surface area contributed by atoms with E-state index in [2.05, 4.69) is 4.99 Å². The van der Waals surface area contributed by atoms with Gasteiger partial charge in [-0.3, -0.25) is 19.5 Å². The summed E-state index contributed by atoms with van der Waals surface area (Å²) in [5.41, 5.74) is 2.63. The maximum absolute atomic E-state index is 13.6. The lowest BCUT2D eigenvalue weighted by atomic mass is 9.95. The van der Waals surface area contributed by atoms with Crippen LogP contribution in [0.2, 0.25) is 0 Å². The Bertz CT molecular complexity index is 1520. The molecule has 1 aliphatic rings. The minimum absolute atomic E-state index is 0.0641. The highest BCUT2D eigenvalue weighted by atomic mass is 32.1. The van der Waals surface area contributed by atoms with Gasteiger partial charge in [0, 0.05) is 31.9 Å². The van der Waals surface area contributed by atoms with E-state index in [0.29, 0.717) is 26.2 Å². The molecule has 4 rings (SSSR count). The largest absolute Gasteiger partial charge is 0.463 e. The monoisotopic (exact) mass is 492 g/mol. The predicted molar refractivity (Wildman–Crippen MR) is 134 cm³/mol. The van der Waals surface area contributed by atoms with E-state index in [1.54, 1.807) is 32.1 Å². The number of ether oxygens (including phenoxy) is 1. The maximum atomic E-state index is 13.6. The first-order valence-electron chi connectivity index (χ1n) is 10.9. The predicted octanol–water partition coefficient (Wildman–Crippen LogP) is 2.77. The van der Waals surface area contributed by atoms with Crippen molar-refractivity contribution in [3.05, 3.63) is 101 Å². The summed E-state index contributed by atoms with van der Waals surface area (Å²) in [7, 11) is 3.86. The number of nitro benzene ring substituents is 1. The number of rotatable bonds is 6. The summed E-state index contributed by atoms with van der Waals surface area (Å²) in [6.45, 7) is 3.65. The Morgan fingerprint density at radius 1 is 1.26 bits per heavy atom. The summed E-state index contributed by atoms with van der Waals surface area (Å²) < 4.78 is 7.17. The summed E-state index contributed by atoms with van der Waals surface area (Å²) in [5, 5.41) is 11.1. The van der Waals surface area contributed by atoms with E-state index in [-0.39, 0.29) is 17.9 Å². The summed E-state index contributed by atoms with van der Waals surface area (Å²) >= 11 is 1.17. The third-order valence-corrected chi connectivity index (χ3v) is 6.60. The number of allylic oxidation sites excluding steroid dienone is 1. The molecule has 0 aliphatic carbocycles. The molecule has 0 N–H and O–H groups in total. The molecule has 0 saturated carbocycles. The first kappa shape index (κ1) is 24.1. The molecule has 1 aromatic heterocycles. The summed E-state index contributed by atoms with van der Waals surface area (Å²) in [4.78, 5) is 44.2. The molecule has 0 unspecified atom stereocenters. The standard InChI is InChI=1S/C25H24N4O5S/c1-5-34-24(31)21-15(2)26-25-28(22(21)17-9-11-18(12-10-17)27(3)4)23(30)20(35-25)14-16-7-6-8-19(13-16)29(32)33/h6-14,22H,5H2,1-4H3/b20-14-/t22-/m0/s1. The molecule has 0 fully saturated rings. The van der Waals surface area contributed by atoms with E-state index in [0.717, 1.165) is 11.3 Å². The van der Waals surface area contributed by atoms with Crippen molar-refractivity contribution in [1.29, 1.82) is 0 Å². The summed E-state index contributed by atoms with van der Waals surface area (Å²) in [6.07, 6.45) is 1.60. The van der Waals surface area contributed by atoms with E-state index in [4.69, 9.17) is 4.74 Å². The first-order chi connectivity index (χ1) is 16.7.